The molecule has 8 heteroatoms. The van der Waals surface area contributed by atoms with Gasteiger partial charge in [-0.25, -0.2) is 4.98 Å². The molecule has 1 aliphatic heterocycles. The van der Waals surface area contributed by atoms with Crippen molar-refractivity contribution in [3.63, 3.8) is 0 Å². The number of ether oxygens (including phenoxy) is 2. The van der Waals surface area contributed by atoms with E-state index in [0.29, 0.717) is 47.8 Å². The summed E-state index contributed by atoms with van der Waals surface area (Å²) in [6, 6.07) is 14.7. The number of nitrogens with zero attached hydrogens (tertiary/aromatic N) is 2. The van der Waals surface area contributed by atoms with Crippen molar-refractivity contribution in [2.75, 3.05) is 27.3 Å². The first-order valence-corrected chi connectivity index (χ1v) is 10.8. The second kappa shape index (κ2) is 9.68. The predicted octanol–water partition coefficient (Wildman–Crippen LogP) is 3.19. The van der Waals surface area contributed by atoms with Gasteiger partial charge in [-0.1, -0.05) is 18.2 Å². The van der Waals surface area contributed by atoms with Crippen LogP contribution in [0.15, 0.2) is 48.5 Å². The van der Waals surface area contributed by atoms with E-state index in [4.69, 9.17) is 14.5 Å². The van der Waals surface area contributed by atoms with E-state index in [1.807, 2.05) is 36.4 Å². The van der Waals surface area contributed by atoms with Crippen LogP contribution in [-0.2, 0) is 9.59 Å². The average Bonchev–Trinajstić information content (AvgIpc) is 3.17. The molecule has 0 spiro atoms. The molecule has 4 rings (SSSR count). The molecule has 0 atom stereocenters. The number of methoxy groups -OCH3 is 2. The molecule has 2 aromatic carbocycles. The molecule has 1 aliphatic rings. The van der Waals surface area contributed by atoms with Crippen LogP contribution in [0, 0.1) is 0 Å². The minimum Gasteiger partial charge on any atom is -0.493 e. The van der Waals surface area contributed by atoms with Crippen LogP contribution >= 0.6 is 0 Å². The van der Waals surface area contributed by atoms with Gasteiger partial charge in [0.15, 0.2) is 11.5 Å². The Kier molecular flexibility index (Phi) is 6.53. The number of hydrogen-bond acceptors (Lipinski definition) is 6. The van der Waals surface area contributed by atoms with Crippen LogP contribution in [-0.4, -0.2) is 54.9 Å². The van der Waals surface area contributed by atoms with E-state index < -0.39 is 0 Å². The summed E-state index contributed by atoms with van der Waals surface area (Å²) < 4.78 is 10.7. The highest BCUT2D eigenvalue weighted by Crippen LogP contribution is 2.33. The van der Waals surface area contributed by atoms with Gasteiger partial charge in [0, 0.05) is 36.9 Å². The van der Waals surface area contributed by atoms with Crippen molar-refractivity contribution in [1.82, 2.24) is 15.2 Å². The van der Waals surface area contributed by atoms with E-state index >= 15 is 0 Å². The maximum atomic E-state index is 13.1. The van der Waals surface area contributed by atoms with Crippen LogP contribution < -0.4 is 14.8 Å². The van der Waals surface area contributed by atoms with Crippen LogP contribution in [0.25, 0.3) is 22.2 Å². The van der Waals surface area contributed by atoms with Gasteiger partial charge < -0.3 is 14.8 Å². The Bertz CT molecular complexity index is 1210. The van der Waals surface area contributed by atoms with E-state index in [0.717, 1.165) is 10.9 Å². The number of hydrogen-bond donors (Lipinski definition) is 1. The number of fused-ring (bicyclic) bond motifs is 1. The standard InChI is InChI=1S/C25H25N3O5/c1-32-21-9-8-16(14-22(21)33-2)20-15-18(17-6-3-4-7-19(17)27-20)25(31)26-12-5-13-28-23(29)10-11-24(28)30/h3-4,6-9,14-15H,5,10-13H2,1-2H3,(H,26,31). The van der Waals surface area contributed by atoms with E-state index in [9.17, 15) is 14.4 Å². The van der Waals surface area contributed by atoms with E-state index in [1.165, 1.54) is 4.90 Å². The molecule has 0 saturated carbocycles. The zero-order valence-corrected chi connectivity index (χ0v) is 18.6. The quantitative estimate of drug-likeness (QED) is 0.421. The summed E-state index contributed by atoms with van der Waals surface area (Å²) in [4.78, 5) is 42.5. The smallest absolute Gasteiger partial charge is 0.252 e. The number of benzene rings is 2. The molecule has 3 amide bonds. The third-order valence-electron chi connectivity index (χ3n) is 5.64. The Hall–Kier alpha value is -3.94. The Morgan fingerprint density at radius 2 is 1.73 bits per heavy atom. The van der Waals surface area contributed by atoms with Gasteiger partial charge in [0.1, 0.15) is 0 Å². The summed E-state index contributed by atoms with van der Waals surface area (Å²) in [5, 5.41) is 3.64. The minimum atomic E-state index is -0.241. The lowest BCUT2D eigenvalue weighted by Gasteiger charge is -2.14. The lowest BCUT2D eigenvalue weighted by atomic mass is 10.0. The van der Waals surface area contributed by atoms with Gasteiger partial charge in [-0.05, 0) is 36.8 Å². The summed E-state index contributed by atoms with van der Waals surface area (Å²) in [6.07, 6.45) is 1.04. The molecule has 1 saturated heterocycles. The number of imide groups is 1. The fourth-order valence-corrected chi connectivity index (χ4v) is 3.91. The van der Waals surface area contributed by atoms with Crippen molar-refractivity contribution in [2.45, 2.75) is 19.3 Å². The van der Waals surface area contributed by atoms with Gasteiger partial charge in [-0.15, -0.1) is 0 Å². The molecule has 1 N–H and O–H groups in total. The number of para-hydroxylation sites is 1. The molecule has 1 fully saturated rings. The van der Waals surface area contributed by atoms with Gasteiger partial charge in [-0.3, -0.25) is 19.3 Å². The third-order valence-corrected chi connectivity index (χ3v) is 5.64. The molecule has 8 nitrogen and oxygen atoms in total. The van der Waals surface area contributed by atoms with Crippen LogP contribution in [0.3, 0.4) is 0 Å². The van der Waals surface area contributed by atoms with Gasteiger partial charge in [0.25, 0.3) is 5.91 Å². The predicted molar refractivity (Wildman–Crippen MR) is 123 cm³/mol. The average molecular weight is 447 g/mol. The first-order chi connectivity index (χ1) is 16.0. The molecule has 0 unspecified atom stereocenters. The highest BCUT2D eigenvalue weighted by molar-refractivity contribution is 6.07. The first kappa shape index (κ1) is 22.3. The lowest BCUT2D eigenvalue weighted by molar-refractivity contribution is -0.138. The van der Waals surface area contributed by atoms with E-state index in [1.54, 1.807) is 26.4 Å². The number of carbonyl (C=O) groups excluding carboxylic acids is 3. The van der Waals surface area contributed by atoms with Crippen molar-refractivity contribution in [3.8, 4) is 22.8 Å². The molecule has 2 heterocycles. The first-order valence-electron chi connectivity index (χ1n) is 10.8. The summed E-state index contributed by atoms with van der Waals surface area (Å²) in [7, 11) is 3.14. The fourth-order valence-electron chi connectivity index (χ4n) is 3.91. The number of carbonyl (C=O) groups is 3. The Labute approximate surface area is 191 Å². The second-order valence-electron chi connectivity index (χ2n) is 7.69. The topological polar surface area (TPSA) is 97.8 Å². The number of aromatic nitrogens is 1. The zero-order valence-electron chi connectivity index (χ0n) is 18.6. The van der Waals surface area contributed by atoms with E-state index in [2.05, 4.69) is 5.32 Å². The van der Waals surface area contributed by atoms with Gasteiger partial charge in [0.05, 0.1) is 31.0 Å². The molecular weight excluding hydrogens is 422 g/mol. The highest BCUT2D eigenvalue weighted by Gasteiger charge is 2.28. The molecule has 1 aromatic heterocycles. The van der Waals surface area contributed by atoms with Crippen molar-refractivity contribution >= 4 is 28.6 Å². The van der Waals surface area contributed by atoms with E-state index in [-0.39, 0.29) is 30.6 Å². The summed E-state index contributed by atoms with van der Waals surface area (Å²) in [5.74, 6) is 0.642. The summed E-state index contributed by atoms with van der Waals surface area (Å²) in [6.45, 7) is 0.657. The molecule has 33 heavy (non-hydrogen) atoms. The van der Waals surface area contributed by atoms with Crippen LogP contribution in [0.5, 0.6) is 11.5 Å². The van der Waals surface area contributed by atoms with Gasteiger partial charge >= 0.3 is 0 Å². The monoisotopic (exact) mass is 447 g/mol. The lowest BCUT2D eigenvalue weighted by Crippen LogP contribution is -2.33. The second-order valence-corrected chi connectivity index (χ2v) is 7.69. The Balaban J connectivity index is 1.56. The zero-order chi connectivity index (χ0) is 23.4. The molecule has 3 aromatic rings. The van der Waals surface area contributed by atoms with Crippen LogP contribution in [0.1, 0.15) is 29.6 Å². The van der Waals surface area contributed by atoms with Crippen molar-refractivity contribution in [3.05, 3.63) is 54.1 Å². The normalized spacial score (nSPS) is 13.5. The van der Waals surface area contributed by atoms with Crippen molar-refractivity contribution in [2.24, 2.45) is 0 Å². The minimum absolute atomic E-state index is 0.147. The molecular formula is C25H25N3O5. The van der Waals surface area contributed by atoms with Crippen molar-refractivity contribution < 1.29 is 23.9 Å². The summed E-state index contributed by atoms with van der Waals surface area (Å²) in [5.41, 5.74) is 2.62. The summed E-state index contributed by atoms with van der Waals surface area (Å²) >= 11 is 0. The molecule has 0 aliphatic carbocycles. The number of amides is 3. The number of likely N-dealkylation sites (tertiary alicyclic amines) is 1. The highest BCUT2D eigenvalue weighted by atomic mass is 16.5. The number of pyridine rings is 1. The van der Waals surface area contributed by atoms with Gasteiger partial charge in [0.2, 0.25) is 11.8 Å². The Morgan fingerprint density at radius 3 is 2.45 bits per heavy atom. The third kappa shape index (κ3) is 4.64. The maximum Gasteiger partial charge on any atom is 0.252 e. The molecule has 170 valence electrons. The largest absolute Gasteiger partial charge is 0.493 e. The Morgan fingerprint density at radius 1 is 1.00 bits per heavy atom. The molecule has 0 radical (unpaired) electrons. The fraction of sp³-hybridized carbons (Fsp3) is 0.280. The number of nitrogens with one attached hydrogen (secondary N) is 1. The van der Waals surface area contributed by atoms with Crippen LogP contribution in [0.2, 0.25) is 0 Å². The van der Waals surface area contributed by atoms with Crippen molar-refractivity contribution in [1.29, 1.82) is 0 Å². The van der Waals surface area contributed by atoms with Gasteiger partial charge in [-0.2, -0.15) is 0 Å². The molecule has 0 bridgehead atoms. The number of rotatable bonds is 8. The SMILES string of the molecule is COc1ccc(-c2cc(C(=O)NCCCN3C(=O)CCC3=O)c3ccccc3n2)cc1OC. The maximum absolute atomic E-state index is 13.1. The van der Waals surface area contributed by atoms with Crippen LogP contribution in [0.4, 0.5) is 0 Å².